The van der Waals surface area contributed by atoms with Crippen LogP contribution in [0.4, 0.5) is 0 Å². The number of hydrogen-bond acceptors (Lipinski definition) is 2. The summed E-state index contributed by atoms with van der Waals surface area (Å²) in [6, 6.07) is 8.93. The Hall–Kier alpha value is -1.90. The monoisotopic (exact) mass is 422 g/mol. The third kappa shape index (κ3) is 9.41. The van der Waals surface area contributed by atoms with E-state index in [-0.39, 0.29) is 17.0 Å². The Bertz CT molecular complexity index is 749. The van der Waals surface area contributed by atoms with Gasteiger partial charge in [-0.2, -0.15) is 0 Å². The van der Waals surface area contributed by atoms with Gasteiger partial charge in [-0.3, -0.25) is 0 Å². The molecule has 3 unspecified atom stereocenters. The minimum Gasteiger partial charge on any atom is -0.328 e. The molecule has 2 nitrogen and oxygen atoms in total. The molecule has 0 saturated carbocycles. The Morgan fingerprint density at radius 3 is 2.26 bits per heavy atom. The molecule has 1 rings (SSSR count). The van der Waals surface area contributed by atoms with Gasteiger partial charge in [0.1, 0.15) is 0 Å². The smallest absolute Gasteiger partial charge is 0.0186 e. The summed E-state index contributed by atoms with van der Waals surface area (Å²) in [5.41, 5.74) is 16.5. The largest absolute Gasteiger partial charge is 0.328 e. The van der Waals surface area contributed by atoms with Crippen molar-refractivity contribution < 1.29 is 0 Å². The topological polar surface area (TPSA) is 52.0 Å². The average molecular weight is 423 g/mol. The first-order valence-electron chi connectivity index (χ1n) is 11.8. The van der Waals surface area contributed by atoms with E-state index >= 15 is 0 Å². The maximum Gasteiger partial charge on any atom is 0.0186 e. The lowest BCUT2D eigenvalue weighted by Crippen LogP contribution is -2.45. The highest BCUT2D eigenvalue weighted by molar-refractivity contribution is 5.47. The lowest BCUT2D eigenvalue weighted by Gasteiger charge is -2.39. The van der Waals surface area contributed by atoms with Crippen LogP contribution in [0.25, 0.3) is 6.08 Å². The highest BCUT2D eigenvalue weighted by Gasteiger charge is 2.33. The minimum absolute atomic E-state index is 0.151. The van der Waals surface area contributed by atoms with Crippen molar-refractivity contribution in [3.05, 3.63) is 77.9 Å². The molecule has 1 aromatic carbocycles. The molecule has 0 heterocycles. The molecular weight excluding hydrogens is 376 g/mol. The molecule has 0 aromatic heterocycles. The Labute approximate surface area is 192 Å². The fraction of sp³-hybridized carbons (Fsp3) is 0.517. The summed E-state index contributed by atoms with van der Waals surface area (Å²) in [6.07, 6.45) is 17.9. The van der Waals surface area contributed by atoms with E-state index in [0.717, 1.165) is 32.1 Å². The van der Waals surface area contributed by atoms with Crippen molar-refractivity contribution in [1.29, 1.82) is 0 Å². The third-order valence-electron chi connectivity index (χ3n) is 6.61. The van der Waals surface area contributed by atoms with E-state index in [4.69, 9.17) is 11.5 Å². The van der Waals surface area contributed by atoms with E-state index in [1.54, 1.807) is 0 Å². The van der Waals surface area contributed by atoms with Gasteiger partial charge in [-0.1, -0.05) is 94.5 Å². The van der Waals surface area contributed by atoms with Crippen LogP contribution in [0, 0.1) is 11.3 Å². The van der Waals surface area contributed by atoms with Crippen LogP contribution in [0.5, 0.6) is 0 Å². The molecule has 0 spiro atoms. The lowest BCUT2D eigenvalue weighted by atomic mass is 9.69. The van der Waals surface area contributed by atoms with Gasteiger partial charge in [0.2, 0.25) is 0 Å². The molecule has 2 heteroatoms. The van der Waals surface area contributed by atoms with Gasteiger partial charge in [0.25, 0.3) is 0 Å². The Morgan fingerprint density at radius 1 is 1.13 bits per heavy atom. The van der Waals surface area contributed by atoms with Crippen molar-refractivity contribution in [2.75, 3.05) is 0 Å². The van der Waals surface area contributed by atoms with Crippen molar-refractivity contribution in [3.63, 3.8) is 0 Å². The summed E-state index contributed by atoms with van der Waals surface area (Å²) < 4.78 is 0. The second kappa shape index (κ2) is 12.8. The Morgan fingerprint density at radius 2 is 1.77 bits per heavy atom. The van der Waals surface area contributed by atoms with Crippen LogP contribution in [0.2, 0.25) is 0 Å². The Balaban J connectivity index is 3.11. The molecule has 172 valence electrons. The maximum absolute atomic E-state index is 6.79. The van der Waals surface area contributed by atoms with Crippen LogP contribution in [0.15, 0.2) is 66.8 Å². The van der Waals surface area contributed by atoms with Crippen LogP contribution < -0.4 is 11.5 Å². The van der Waals surface area contributed by atoms with Gasteiger partial charge in [0.15, 0.2) is 0 Å². The molecule has 0 fully saturated rings. The van der Waals surface area contributed by atoms with Gasteiger partial charge < -0.3 is 11.5 Å². The summed E-state index contributed by atoms with van der Waals surface area (Å²) in [5.74, 6) is 0.299. The zero-order chi connectivity index (χ0) is 23.5. The second-order valence-electron chi connectivity index (χ2n) is 9.76. The van der Waals surface area contributed by atoms with Gasteiger partial charge in [-0.25, -0.2) is 0 Å². The van der Waals surface area contributed by atoms with Crippen molar-refractivity contribution >= 4 is 6.08 Å². The molecule has 0 aliphatic carbocycles. The van der Waals surface area contributed by atoms with E-state index in [0.29, 0.717) is 5.92 Å². The molecule has 0 aliphatic rings. The molecule has 4 N–H and O–H groups in total. The van der Waals surface area contributed by atoms with Crippen LogP contribution >= 0.6 is 0 Å². The van der Waals surface area contributed by atoms with Crippen LogP contribution in [0.1, 0.15) is 78.4 Å². The molecule has 0 aliphatic heterocycles. The van der Waals surface area contributed by atoms with Crippen LogP contribution in [0.3, 0.4) is 0 Å². The summed E-state index contributed by atoms with van der Waals surface area (Å²) in [7, 11) is 0. The van der Waals surface area contributed by atoms with Gasteiger partial charge in [0, 0.05) is 11.6 Å². The highest BCUT2D eigenvalue weighted by Crippen LogP contribution is 2.38. The number of rotatable bonds is 13. The molecule has 31 heavy (non-hydrogen) atoms. The normalized spacial score (nSPS) is 18.6. The van der Waals surface area contributed by atoms with Crippen LogP contribution in [-0.2, 0) is 6.42 Å². The maximum atomic E-state index is 6.79. The van der Waals surface area contributed by atoms with Crippen molar-refractivity contribution in [2.24, 2.45) is 22.8 Å². The highest BCUT2D eigenvalue weighted by atomic mass is 14.7. The third-order valence-corrected chi connectivity index (χ3v) is 6.61. The predicted molar refractivity (Wildman–Crippen MR) is 140 cm³/mol. The standard InChI is InChI=1S/C29H46N2/c1-8-13-25(20-23(5)30)14-12-15-27(29(7,31)11-4)22-28(6,10-3)21-26-18-16-24(9-2)17-19-26/h8-9,12-19,23,27H,2,10-11,20-22,30-31H2,1,3-7H3/b13-8-,15-12+,25-14+/t23?,27?,28?,29-/m1/s1. The van der Waals surface area contributed by atoms with Crippen molar-refractivity contribution in [1.82, 2.24) is 0 Å². The van der Waals surface area contributed by atoms with Gasteiger partial charge in [-0.15, -0.1) is 0 Å². The van der Waals surface area contributed by atoms with Crippen molar-refractivity contribution in [2.45, 2.75) is 85.2 Å². The van der Waals surface area contributed by atoms with E-state index in [9.17, 15) is 0 Å². The van der Waals surface area contributed by atoms with E-state index in [1.807, 2.05) is 19.9 Å². The summed E-state index contributed by atoms with van der Waals surface area (Å²) in [4.78, 5) is 0. The Kier molecular flexibility index (Phi) is 11.2. The van der Waals surface area contributed by atoms with Gasteiger partial charge in [0.05, 0.1) is 0 Å². The fourth-order valence-corrected chi connectivity index (χ4v) is 4.01. The zero-order valence-electron chi connectivity index (χ0n) is 20.8. The first kappa shape index (κ1) is 27.1. The SMILES string of the molecule is C=Cc1ccc(CC(C)(CC)CC(/C=C/C=C(\C=C/C)CC(C)N)[C@](C)(N)CC)cc1. The number of hydrogen-bond donors (Lipinski definition) is 2. The van der Waals surface area contributed by atoms with E-state index in [1.165, 1.54) is 16.7 Å². The first-order valence-corrected chi connectivity index (χ1v) is 11.8. The van der Waals surface area contributed by atoms with Gasteiger partial charge >= 0.3 is 0 Å². The fourth-order valence-electron chi connectivity index (χ4n) is 4.01. The van der Waals surface area contributed by atoms with Gasteiger partial charge in [-0.05, 0) is 74.5 Å². The minimum atomic E-state index is -0.241. The summed E-state index contributed by atoms with van der Waals surface area (Å²) in [5, 5.41) is 0. The molecule has 0 bridgehead atoms. The second-order valence-corrected chi connectivity index (χ2v) is 9.76. The molecule has 1 aromatic rings. The van der Waals surface area contributed by atoms with E-state index < -0.39 is 0 Å². The molecule has 0 saturated heterocycles. The summed E-state index contributed by atoms with van der Waals surface area (Å²) >= 11 is 0. The molecule has 0 amide bonds. The molecule has 0 radical (unpaired) electrons. The van der Waals surface area contributed by atoms with Crippen molar-refractivity contribution in [3.8, 4) is 0 Å². The molecular formula is C29H46N2. The number of nitrogens with two attached hydrogens (primary N) is 2. The predicted octanol–water partition coefficient (Wildman–Crippen LogP) is 7.22. The average Bonchev–Trinajstić information content (AvgIpc) is 2.73. The quantitative estimate of drug-likeness (QED) is 0.330. The number of allylic oxidation sites excluding steroid dienone is 4. The summed E-state index contributed by atoms with van der Waals surface area (Å²) in [6.45, 7) is 17.0. The zero-order valence-corrected chi connectivity index (χ0v) is 20.8. The lowest BCUT2D eigenvalue weighted by molar-refractivity contribution is 0.194. The number of benzene rings is 1. The molecule has 4 atom stereocenters. The van der Waals surface area contributed by atoms with E-state index in [2.05, 4.69) is 88.9 Å². The first-order chi connectivity index (χ1) is 14.6. The van der Waals surface area contributed by atoms with Crippen LogP contribution in [-0.4, -0.2) is 11.6 Å².